The number of hydrogen-bond acceptors (Lipinski definition) is 12. The first kappa shape index (κ1) is 26.4. The Labute approximate surface area is 179 Å². The van der Waals surface area contributed by atoms with Crippen molar-refractivity contribution in [3.63, 3.8) is 0 Å². The zero-order chi connectivity index (χ0) is 23.3. The minimum atomic E-state index is -4.90. The molecule has 31 heavy (non-hydrogen) atoms. The Morgan fingerprint density at radius 1 is 0.484 bits per heavy atom. The molecular formula is C16H24O12P2S. The predicted molar refractivity (Wildman–Crippen MR) is 108 cm³/mol. The summed E-state index contributed by atoms with van der Waals surface area (Å²) < 4.78 is 35.6. The van der Waals surface area contributed by atoms with Crippen LogP contribution in [0.2, 0.25) is 0 Å². The van der Waals surface area contributed by atoms with E-state index >= 15 is 0 Å². The van der Waals surface area contributed by atoms with Crippen molar-refractivity contribution in [2.45, 2.75) is 52.9 Å². The Hall–Kier alpha value is -0.890. The van der Waals surface area contributed by atoms with E-state index < -0.39 is 78.8 Å². The highest BCUT2D eigenvalue weighted by atomic mass is 32.3. The highest BCUT2D eigenvalue weighted by Gasteiger charge is 2.31. The summed E-state index contributed by atoms with van der Waals surface area (Å²) in [6.07, 6.45) is 0. The SMILES string of the molecule is O=S(=O)(Op1c(CO)c(CO)c(CO)c1CO)Op1c(CO)c(CO)c(CO)c1CO. The number of aliphatic hydroxyl groups excluding tert-OH is 8. The van der Waals surface area contributed by atoms with Gasteiger partial charge in [0, 0.05) is 36.7 Å². The fourth-order valence-electron chi connectivity index (χ4n) is 3.27. The highest BCUT2D eigenvalue weighted by Crippen LogP contribution is 2.48. The maximum Gasteiger partial charge on any atom is 0.415 e. The third kappa shape index (κ3) is 5.05. The molecule has 8 N–H and O–H groups in total. The van der Waals surface area contributed by atoms with E-state index in [-0.39, 0.29) is 43.4 Å². The Bertz CT molecular complexity index is 878. The molecule has 0 aromatic carbocycles. The van der Waals surface area contributed by atoms with E-state index in [1.54, 1.807) is 0 Å². The molecule has 12 nitrogen and oxygen atoms in total. The van der Waals surface area contributed by atoms with Crippen LogP contribution in [0.15, 0.2) is 0 Å². The van der Waals surface area contributed by atoms with Crippen LogP contribution in [-0.2, 0) is 63.3 Å². The van der Waals surface area contributed by atoms with Crippen LogP contribution in [0.4, 0.5) is 0 Å². The van der Waals surface area contributed by atoms with E-state index in [1.165, 1.54) is 0 Å². The van der Waals surface area contributed by atoms with Crippen LogP contribution in [0.25, 0.3) is 0 Å². The summed E-state index contributed by atoms with van der Waals surface area (Å²) in [4.78, 5) is 0. The average Bonchev–Trinajstić information content (AvgIpc) is 3.21. The highest BCUT2D eigenvalue weighted by molar-refractivity contribution is 7.90. The molecule has 15 heteroatoms. The molecule has 0 aliphatic heterocycles. The van der Waals surface area contributed by atoms with Crippen molar-refractivity contribution in [1.82, 2.24) is 0 Å². The molecule has 0 saturated heterocycles. The van der Waals surface area contributed by atoms with Crippen LogP contribution in [-0.4, -0.2) is 49.3 Å². The van der Waals surface area contributed by atoms with Crippen molar-refractivity contribution >= 4 is 25.9 Å². The van der Waals surface area contributed by atoms with E-state index in [9.17, 15) is 49.3 Å². The molecule has 2 aromatic rings. The second-order valence-corrected chi connectivity index (χ2v) is 11.5. The second kappa shape index (κ2) is 11.3. The third-order valence-corrected chi connectivity index (χ3v) is 10.9. The van der Waals surface area contributed by atoms with Gasteiger partial charge in [-0.2, -0.15) is 16.4 Å². The minimum Gasteiger partial charge on any atom is -0.392 e. The average molecular weight is 502 g/mol. The number of hydrogen-bond donors (Lipinski definition) is 8. The zero-order valence-corrected chi connectivity index (χ0v) is 18.8. The fourth-order valence-corrected chi connectivity index (χ4v) is 9.50. The fraction of sp³-hybridized carbons (Fsp3) is 0.500. The number of rotatable bonds is 12. The molecule has 0 radical (unpaired) electrons. The van der Waals surface area contributed by atoms with Crippen molar-refractivity contribution in [1.29, 1.82) is 0 Å². The molecule has 0 aliphatic rings. The Morgan fingerprint density at radius 3 is 0.871 bits per heavy atom. The minimum absolute atomic E-state index is 0.0279. The van der Waals surface area contributed by atoms with Gasteiger partial charge in [-0.25, -0.2) is 0 Å². The summed E-state index contributed by atoms with van der Waals surface area (Å²) >= 11 is 0. The van der Waals surface area contributed by atoms with Gasteiger partial charge in [0.1, 0.15) is 0 Å². The molecule has 0 bridgehead atoms. The molecule has 2 heterocycles. The van der Waals surface area contributed by atoms with E-state index in [0.717, 1.165) is 0 Å². The largest absolute Gasteiger partial charge is 0.415 e. The zero-order valence-electron chi connectivity index (χ0n) is 16.2. The first-order valence-electron chi connectivity index (χ1n) is 8.78. The first-order valence-corrected chi connectivity index (χ1v) is 12.6. The molecule has 0 fully saturated rings. The van der Waals surface area contributed by atoms with E-state index in [4.69, 9.17) is 7.94 Å². The van der Waals surface area contributed by atoms with Gasteiger partial charge in [-0.15, -0.1) is 0 Å². The lowest BCUT2D eigenvalue weighted by molar-refractivity contribution is 0.245. The summed E-state index contributed by atoms with van der Waals surface area (Å²) in [7, 11) is -9.61. The van der Waals surface area contributed by atoms with Gasteiger partial charge in [0.2, 0.25) is 0 Å². The summed E-state index contributed by atoms with van der Waals surface area (Å²) in [6, 6.07) is 0. The summed E-state index contributed by atoms with van der Waals surface area (Å²) in [5, 5.41) is 76.6. The van der Waals surface area contributed by atoms with Crippen LogP contribution < -0.4 is 7.94 Å². The molecule has 0 aliphatic carbocycles. The molecule has 176 valence electrons. The predicted octanol–water partition coefficient (Wildman–Crippen LogP) is -1.60. The molecule has 0 amide bonds. The summed E-state index contributed by atoms with van der Waals surface area (Å²) in [6.45, 7) is -5.42. The van der Waals surface area contributed by atoms with Crippen molar-refractivity contribution in [2.75, 3.05) is 0 Å². The van der Waals surface area contributed by atoms with Gasteiger partial charge in [0.05, 0.1) is 52.9 Å². The van der Waals surface area contributed by atoms with E-state index in [2.05, 4.69) is 0 Å². The van der Waals surface area contributed by atoms with E-state index in [0.29, 0.717) is 0 Å². The summed E-state index contributed by atoms with van der Waals surface area (Å²) in [5.74, 6) is 0. The Balaban J connectivity index is 2.58. The molecule has 0 unspecified atom stereocenters. The van der Waals surface area contributed by atoms with Crippen LogP contribution in [0.5, 0.6) is 0 Å². The van der Waals surface area contributed by atoms with Crippen molar-refractivity contribution < 1.29 is 57.2 Å². The molecule has 2 aromatic heterocycles. The maximum atomic E-state index is 12.7. The second-order valence-electron chi connectivity index (χ2n) is 6.11. The van der Waals surface area contributed by atoms with Gasteiger partial charge in [0.25, 0.3) is 0 Å². The van der Waals surface area contributed by atoms with Gasteiger partial charge in [-0.05, 0) is 22.3 Å². The lowest BCUT2D eigenvalue weighted by atomic mass is 10.1. The van der Waals surface area contributed by atoms with Gasteiger partial charge in [-0.1, -0.05) is 0 Å². The molecular weight excluding hydrogens is 478 g/mol. The van der Waals surface area contributed by atoms with Crippen LogP contribution in [0, 0.1) is 0 Å². The van der Waals surface area contributed by atoms with Crippen molar-refractivity contribution in [2.24, 2.45) is 0 Å². The lowest BCUT2D eigenvalue weighted by Crippen LogP contribution is -2.15. The van der Waals surface area contributed by atoms with Crippen molar-refractivity contribution in [3.8, 4) is 0 Å². The third-order valence-electron chi connectivity index (χ3n) is 4.67. The van der Waals surface area contributed by atoms with Crippen LogP contribution in [0.3, 0.4) is 0 Å². The molecule has 2 rings (SSSR count). The van der Waals surface area contributed by atoms with Gasteiger partial charge in [-0.3, -0.25) is 0 Å². The van der Waals surface area contributed by atoms with Crippen molar-refractivity contribution in [3.05, 3.63) is 43.4 Å². The standard InChI is InChI=1S/C16H24O12P2S/c17-1-9-10(2-18)14(6-22)29(13(9)5-21)27-31(25,26)28-30-15(7-23)11(3-19)12(4-20)16(30)8-24/h17-24H,1-8H2. The van der Waals surface area contributed by atoms with Crippen LogP contribution >= 0.6 is 15.5 Å². The first-order chi connectivity index (χ1) is 14.8. The topological polar surface area (TPSA) is 214 Å². The lowest BCUT2D eigenvalue weighted by Gasteiger charge is -2.11. The smallest absolute Gasteiger partial charge is 0.392 e. The molecule has 0 saturated carbocycles. The Morgan fingerprint density at radius 2 is 0.710 bits per heavy atom. The van der Waals surface area contributed by atoms with E-state index in [1.807, 2.05) is 0 Å². The van der Waals surface area contributed by atoms with Gasteiger partial charge in [0.15, 0.2) is 0 Å². The van der Waals surface area contributed by atoms with Gasteiger partial charge >= 0.3 is 10.4 Å². The molecule has 0 atom stereocenters. The Kier molecular flexibility index (Phi) is 9.61. The monoisotopic (exact) mass is 502 g/mol. The van der Waals surface area contributed by atoms with Gasteiger partial charge < -0.3 is 40.9 Å². The molecule has 0 spiro atoms. The summed E-state index contributed by atoms with van der Waals surface area (Å²) in [5.41, 5.74) is 0.218. The number of aliphatic hydroxyl groups is 8. The normalized spacial score (nSPS) is 12.1. The quantitative estimate of drug-likeness (QED) is 0.165. The maximum absolute atomic E-state index is 12.7. The van der Waals surface area contributed by atoms with Crippen LogP contribution in [0.1, 0.15) is 43.4 Å².